The number of ether oxygens (including phenoxy) is 1. The normalized spacial score (nSPS) is 15.3. The number of rotatable bonds is 6. The summed E-state index contributed by atoms with van der Waals surface area (Å²) in [7, 11) is 0. The number of carboxylic acids is 2. The largest absolute Gasteiger partial charge is 0.477 e. The first-order valence-electron chi connectivity index (χ1n) is 9.23. The van der Waals surface area contributed by atoms with Gasteiger partial charge in [-0.2, -0.15) is 0 Å². The molecule has 1 aliphatic heterocycles. The van der Waals surface area contributed by atoms with Crippen LogP contribution in [0, 0.1) is 0 Å². The molecule has 0 radical (unpaired) electrons. The zero-order chi connectivity index (χ0) is 20.9. The molecule has 28 heavy (non-hydrogen) atoms. The number of nitrogens with zero attached hydrogens (tertiary/aromatic N) is 3. The van der Waals surface area contributed by atoms with Crippen molar-refractivity contribution in [3.05, 3.63) is 29.1 Å². The minimum absolute atomic E-state index is 0.263. The molecule has 1 saturated heterocycles. The average molecular weight is 393 g/mol. The molecule has 9 nitrogen and oxygen atoms in total. The van der Waals surface area contributed by atoms with Gasteiger partial charge in [0, 0.05) is 26.2 Å². The number of piperazine rings is 1. The molecule has 0 aliphatic carbocycles. The van der Waals surface area contributed by atoms with Crippen molar-refractivity contribution in [2.24, 2.45) is 0 Å². The Labute approximate surface area is 163 Å². The predicted octanol–water partition coefficient (Wildman–Crippen LogP) is 1.96. The van der Waals surface area contributed by atoms with Crippen molar-refractivity contribution in [3.63, 3.8) is 0 Å². The van der Waals surface area contributed by atoms with Gasteiger partial charge in [-0.1, -0.05) is 0 Å². The van der Waals surface area contributed by atoms with Gasteiger partial charge in [-0.25, -0.2) is 19.4 Å². The second kappa shape index (κ2) is 9.01. The molecule has 154 valence electrons. The SMILES string of the molecule is CC(C)(C)OC(=O)N1CCN(CCCc2cc(C(=O)O)nc(C(=O)O)c2)CC1. The highest BCUT2D eigenvalue weighted by molar-refractivity contribution is 5.90. The van der Waals surface area contributed by atoms with Crippen molar-refractivity contribution >= 4 is 18.0 Å². The van der Waals surface area contributed by atoms with E-state index in [1.54, 1.807) is 4.90 Å². The summed E-state index contributed by atoms with van der Waals surface area (Å²) < 4.78 is 5.38. The van der Waals surface area contributed by atoms with Crippen LogP contribution < -0.4 is 0 Å². The van der Waals surface area contributed by atoms with Crippen LogP contribution in [0.25, 0.3) is 0 Å². The van der Waals surface area contributed by atoms with Crippen LogP contribution in [0.3, 0.4) is 0 Å². The number of hydrogen-bond donors (Lipinski definition) is 2. The second-order valence-electron chi connectivity index (χ2n) is 7.77. The third-order valence-corrected chi connectivity index (χ3v) is 4.29. The van der Waals surface area contributed by atoms with Gasteiger partial charge < -0.3 is 19.8 Å². The number of hydrogen-bond acceptors (Lipinski definition) is 6. The van der Waals surface area contributed by atoms with E-state index in [0.29, 0.717) is 25.1 Å². The molecule has 0 saturated carbocycles. The Hall–Kier alpha value is -2.68. The van der Waals surface area contributed by atoms with Gasteiger partial charge in [0.15, 0.2) is 0 Å². The fourth-order valence-corrected chi connectivity index (χ4v) is 2.94. The summed E-state index contributed by atoms with van der Waals surface area (Å²) in [4.78, 5) is 41.8. The van der Waals surface area contributed by atoms with Crippen LogP contribution in [0.15, 0.2) is 12.1 Å². The first-order chi connectivity index (χ1) is 13.0. The van der Waals surface area contributed by atoms with Gasteiger partial charge in [-0.3, -0.25) is 4.90 Å². The topological polar surface area (TPSA) is 120 Å². The summed E-state index contributed by atoms with van der Waals surface area (Å²) in [6.07, 6.45) is 0.996. The highest BCUT2D eigenvalue weighted by Crippen LogP contribution is 2.13. The van der Waals surface area contributed by atoms with Crippen molar-refractivity contribution in [2.75, 3.05) is 32.7 Å². The molecular formula is C19H27N3O6. The van der Waals surface area contributed by atoms with E-state index >= 15 is 0 Å². The van der Waals surface area contributed by atoms with Crippen molar-refractivity contribution in [1.29, 1.82) is 0 Å². The molecule has 1 amide bonds. The lowest BCUT2D eigenvalue weighted by Crippen LogP contribution is -2.50. The standard InChI is InChI=1S/C19H27N3O6/c1-19(2,3)28-18(27)22-9-7-21(8-10-22)6-4-5-13-11-14(16(23)24)20-15(12-13)17(25)26/h11-12H,4-10H2,1-3H3,(H,23,24)(H,25,26). The minimum atomic E-state index is -1.25. The molecule has 0 aromatic carbocycles. The molecule has 1 aromatic rings. The van der Waals surface area contributed by atoms with Crippen molar-refractivity contribution in [1.82, 2.24) is 14.8 Å². The Morgan fingerprint density at radius 3 is 2.04 bits per heavy atom. The Kier molecular flexibility index (Phi) is 6.95. The van der Waals surface area contributed by atoms with E-state index in [1.807, 2.05) is 20.8 Å². The van der Waals surface area contributed by atoms with Gasteiger partial charge in [0.2, 0.25) is 0 Å². The van der Waals surface area contributed by atoms with Gasteiger partial charge in [0.05, 0.1) is 0 Å². The molecule has 1 fully saturated rings. The van der Waals surface area contributed by atoms with E-state index in [1.165, 1.54) is 12.1 Å². The van der Waals surface area contributed by atoms with Gasteiger partial charge in [-0.15, -0.1) is 0 Å². The fraction of sp³-hybridized carbons (Fsp3) is 0.579. The van der Waals surface area contributed by atoms with Gasteiger partial charge in [-0.05, 0) is 57.9 Å². The minimum Gasteiger partial charge on any atom is -0.477 e. The van der Waals surface area contributed by atoms with Crippen LogP contribution in [-0.4, -0.2) is 81.4 Å². The summed E-state index contributed by atoms with van der Waals surface area (Å²) >= 11 is 0. The Morgan fingerprint density at radius 1 is 1.04 bits per heavy atom. The van der Waals surface area contributed by atoms with Crippen LogP contribution in [0.5, 0.6) is 0 Å². The van der Waals surface area contributed by atoms with Crippen LogP contribution in [-0.2, 0) is 11.2 Å². The smallest absolute Gasteiger partial charge is 0.410 e. The highest BCUT2D eigenvalue weighted by atomic mass is 16.6. The second-order valence-corrected chi connectivity index (χ2v) is 7.77. The zero-order valence-corrected chi connectivity index (χ0v) is 16.5. The molecule has 0 atom stereocenters. The van der Waals surface area contributed by atoms with Gasteiger partial charge in [0.25, 0.3) is 0 Å². The van der Waals surface area contributed by atoms with Crippen LogP contribution in [0.1, 0.15) is 53.7 Å². The molecule has 2 heterocycles. The molecule has 0 bridgehead atoms. The Morgan fingerprint density at radius 2 is 1.57 bits per heavy atom. The lowest BCUT2D eigenvalue weighted by atomic mass is 10.1. The highest BCUT2D eigenvalue weighted by Gasteiger charge is 2.25. The monoisotopic (exact) mass is 393 g/mol. The van der Waals surface area contributed by atoms with E-state index in [4.69, 9.17) is 14.9 Å². The Bertz CT molecular complexity index is 703. The number of aromatic nitrogens is 1. The maximum absolute atomic E-state index is 12.1. The fourth-order valence-electron chi connectivity index (χ4n) is 2.94. The summed E-state index contributed by atoms with van der Waals surface area (Å²) in [5.74, 6) is -2.50. The first kappa shape index (κ1) is 21.6. The summed E-state index contributed by atoms with van der Waals surface area (Å²) in [6, 6.07) is 2.82. The summed E-state index contributed by atoms with van der Waals surface area (Å²) in [5.41, 5.74) is -0.401. The number of aryl methyl sites for hydroxylation is 1. The van der Waals surface area contributed by atoms with E-state index in [9.17, 15) is 14.4 Å². The molecule has 9 heteroatoms. The van der Waals surface area contributed by atoms with E-state index in [-0.39, 0.29) is 17.5 Å². The number of carboxylic acid groups (broad SMARTS) is 2. The van der Waals surface area contributed by atoms with E-state index in [2.05, 4.69) is 9.88 Å². The van der Waals surface area contributed by atoms with E-state index in [0.717, 1.165) is 26.1 Å². The van der Waals surface area contributed by atoms with Gasteiger partial charge >= 0.3 is 18.0 Å². The first-order valence-corrected chi connectivity index (χ1v) is 9.23. The van der Waals surface area contributed by atoms with Crippen molar-refractivity contribution in [2.45, 2.75) is 39.2 Å². The average Bonchev–Trinajstić information content (AvgIpc) is 2.60. The maximum atomic E-state index is 12.1. The van der Waals surface area contributed by atoms with Crippen molar-refractivity contribution in [3.8, 4) is 0 Å². The number of aromatic carboxylic acids is 2. The van der Waals surface area contributed by atoms with Crippen LogP contribution in [0.2, 0.25) is 0 Å². The molecule has 1 aliphatic rings. The van der Waals surface area contributed by atoms with Crippen LogP contribution in [0.4, 0.5) is 4.79 Å². The van der Waals surface area contributed by atoms with Gasteiger partial charge in [0.1, 0.15) is 17.0 Å². The number of amides is 1. The quantitative estimate of drug-likeness (QED) is 0.752. The maximum Gasteiger partial charge on any atom is 0.410 e. The predicted molar refractivity (Wildman–Crippen MR) is 101 cm³/mol. The molecule has 2 N–H and O–H groups in total. The van der Waals surface area contributed by atoms with Crippen LogP contribution >= 0.6 is 0 Å². The lowest BCUT2D eigenvalue weighted by Gasteiger charge is -2.35. The molecule has 1 aromatic heterocycles. The lowest BCUT2D eigenvalue weighted by molar-refractivity contribution is 0.0144. The number of carbonyl (C=O) groups excluding carboxylic acids is 1. The molecule has 2 rings (SSSR count). The van der Waals surface area contributed by atoms with E-state index < -0.39 is 17.5 Å². The zero-order valence-electron chi connectivity index (χ0n) is 16.5. The third kappa shape index (κ3) is 6.49. The molecular weight excluding hydrogens is 366 g/mol. The third-order valence-electron chi connectivity index (χ3n) is 4.29. The number of pyridine rings is 1. The Balaban J connectivity index is 1.83. The summed E-state index contributed by atoms with van der Waals surface area (Å²) in [5, 5.41) is 18.2. The molecule has 0 spiro atoms. The van der Waals surface area contributed by atoms with Crippen molar-refractivity contribution < 1.29 is 29.3 Å². The summed E-state index contributed by atoms with van der Waals surface area (Å²) in [6.45, 7) is 8.94. The number of carbonyl (C=O) groups is 3. The molecule has 0 unspecified atom stereocenters.